The molecule has 2 aromatic heterocycles. The molecular formula is C22H22FN5. The number of aryl methyl sites for hydroxylation is 2. The molecule has 0 bridgehead atoms. The third-order valence-corrected chi connectivity index (χ3v) is 5.65. The van der Waals surface area contributed by atoms with Gasteiger partial charge >= 0.3 is 0 Å². The summed E-state index contributed by atoms with van der Waals surface area (Å²) in [5.41, 5.74) is 4.07. The number of hydrogen-bond acceptors (Lipinski definition) is 4. The van der Waals surface area contributed by atoms with Crippen LogP contribution in [0.2, 0.25) is 0 Å². The molecule has 1 aliphatic heterocycles. The van der Waals surface area contributed by atoms with Crippen molar-refractivity contribution in [3.8, 4) is 11.1 Å². The fourth-order valence-electron chi connectivity index (χ4n) is 4.17. The van der Waals surface area contributed by atoms with Crippen LogP contribution in [0.1, 0.15) is 30.1 Å². The van der Waals surface area contributed by atoms with Crippen molar-refractivity contribution < 1.29 is 4.39 Å². The van der Waals surface area contributed by atoms with Gasteiger partial charge in [-0.25, -0.2) is 14.4 Å². The molecule has 1 fully saturated rings. The Hall–Kier alpha value is -2.86. The van der Waals surface area contributed by atoms with Crippen molar-refractivity contribution in [3.05, 3.63) is 53.9 Å². The van der Waals surface area contributed by atoms with Gasteiger partial charge in [0.2, 0.25) is 0 Å². The second kappa shape index (κ2) is 6.63. The lowest BCUT2D eigenvalue weighted by Gasteiger charge is -2.21. The Kier molecular flexibility index (Phi) is 4.09. The first-order valence-corrected chi connectivity index (χ1v) is 9.70. The summed E-state index contributed by atoms with van der Waals surface area (Å²) in [6, 6.07) is 7.71. The molecule has 1 aliphatic rings. The van der Waals surface area contributed by atoms with Gasteiger partial charge in [-0.2, -0.15) is 5.10 Å². The summed E-state index contributed by atoms with van der Waals surface area (Å²) in [5, 5.41) is 9.31. The molecule has 142 valence electrons. The molecule has 4 aromatic rings. The molecule has 0 aliphatic carbocycles. The Balaban J connectivity index is 1.60. The van der Waals surface area contributed by atoms with Crippen LogP contribution in [0.4, 0.5) is 4.39 Å². The van der Waals surface area contributed by atoms with Gasteiger partial charge in [0.05, 0.1) is 16.4 Å². The van der Waals surface area contributed by atoms with Crippen molar-refractivity contribution >= 4 is 21.8 Å². The summed E-state index contributed by atoms with van der Waals surface area (Å²) in [7, 11) is 1.90. The highest BCUT2D eigenvalue weighted by molar-refractivity contribution is 5.90. The lowest BCUT2D eigenvalue weighted by molar-refractivity contribution is 0.446. The fraction of sp³-hybridized carbons (Fsp3) is 0.318. The molecule has 0 spiro atoms. The van der Waals surface area contributed by atoms with Crippen molar-refractivity contribution in [2.24, 2.45) is 7.05 Å². The second-order valence-electron chi connectivity index (χ2n) is 7.65. The maximum absolute atomic E-state index is 15.4. The molecule has 0 saturated carbocycles. The molecule has 0 atom stereocenters. The topological polar surface area (TPSA) is 55.6 Å². The van der Waals surface area contributed by atoms with E-state index in [2.05, 4.69) is 20.4 Å². The zero-order valence-corrected chi connectivity index (χ0v) is 16.0. The molecule has 5 rings (SSSR count). The van der Waals surface area contributed by atoms with E-state index in [9.17, 15) is 0 Å². The van der Waals surface area contributed by atoms with E-state index in [1.807, 2.05) is 44.4 Å². The minimum absolute atomic E-state index is 0.267. The third-order valence-electron chi connectivity index (χ3n) is 5.65. The summed E-state index contributed by atoms with van der Waals surface area (Å²) in [6.45, 7) is 3.97. The molecule has 1 N–H and O–H groups in total. The Morgan fingerprint density at radius 3 is 2.82 bits per heavy atom. The van der Waals surface area contributed by atoms with Gasteiger partial charge in [0.15, 0.2) is 0 Å². The number of fused-ring (bicyclic) bond motifs is 2. The smallest absolute Gasteiger partial charge is 0.141 e. The van der Waals surface area contributed by atoms with Crippen molar-refractivity contribution in [1.82, 2.24) is 25.1 Å². The number of hydrogen-bond donors (Lipinski definition) is 1. The van der Waals surface area contributed by atoms with Crippen LogP contribution in [0.5, 0.6) is 0 Å². The zero-order chi connectivity index (χ0) is 19.3. The molecule has 0 radical (unpaired) electrons. The largest absolute Gasteiger partial charge is 0.317 e. The third kappa shape index (κ3) is 2.85. The van der Waals surface area contributed by atoms with Crippen molar-refractivity contribution in [3.63, 3.8) is 0 Å². The van der Waals surface area contributed by atoms with Crippen LogP contribution < -0.4 is 5.32 Å². The number of nitrogens with one attached hydrogen (secondary N) is 1. The quantitative estimate of drug-likeness (QED) is 0.573. The normalized spacial score (nSPS) is 15.5. The van der Waals surface area contributed by atoms with Crippen LogP contribution >= 0.6 is 0 Å². The van der Waals surface area contributed by atoms with Gasteiger partial charge in [-0.1, -0.05) is 0 Å². The summed E-state index contributed by atoms with van der Waals surface area (Å²) < 4.78 is 17.1. The summed E-state index contributed by atoms with van der Waals surface area (Å²) >= 11 is 0. The number of benzene rings is 2. The molecule has 28 heavy (non-hydrogen) atoms. The molecule has 5 nitrogen and oxygen atoms in total. The number of aromatic nitrogens is 4. The van der Waals surface area contributed by atoms with Gasteiger partial charge in [0.25, 0.3) is 0 Å². The summed E-state index contributed by atoms with van der Waals surface area (Å²) in [5.74, 6) is 0.912. The minimum atomic E-state index is -0.267. The van der Waals surface area contributed by atoms with E-state index in [0.717, 1.165) is 53.8 Å². The zero-order valence-electron chi connectivity index (χ0n) is 16.0. The lowest BCUT2D eigenvalue weighted by Crippen LogP contribution is -2.27. The van der Waals surface area contributed by atoms with E-state index in [1.165, 1.54) is 0 Å². The molecular weight excluding hydrogens is 353 g/mol. The number of nitrogens with zero attached hydrogens (tertiary/aromatic N) is 4. The van der Waals surface area contributed by atoms with E-state index in [4.69, 9.17) is 0 Å². The van der Waals surface area contributed by atoms with Crippen molar-refractivity contribution in [2.75, 3.05) is 13.1 Å². The minimum Gasteiger partial charge on any atom is -0.317 e. The number of rotatable bonds is 2. The maximum Gasteiger partial charge on any atom is 0.141 e. The molecule has 0 amide bonds. The van der Waals surface area contributed by atoms with E-state index < -0.39 is 0 Å². The average molecular weight is 375 g/mol. The molecule has 6 heteroatoms. The predicted octanol–water partition coefficient (Wildman–Crippen LogP) is 4.10. The van der Waals surface area contributed by atoms with E-state index in [0.29, 0.717) is 22.4 Å². The van der Waals surface area contributed by atoms with Gasteiger partial charge in [-0.15, -0.1) is 0 Å². The van der Waals surface area contributed by atoms with E-state index in [1.54, 1.807) is 10.9 Å². The second-order valence-corrected chi connectivity index (χ2v) is 7.65. The molecule has 3 heterocycles. The van der Waals surface area contributed by atoms with Gasteiger partial charge in [-0.3, -0.25) is 4.68 Å². The Morgan fingerprint density at radius 1 is 1.18 bits per heavy atom. The fourth-order valence-corrected chi connectivity index (χ4v) is 4.17. The Bertz CT molecular complexity index is 1190. The van der Waals surface area contributed by atoms with Gasteiger partial charge in [-0.05, 0) is 68.2 Å². The Morgan fingerprint density at radius 2 is 2.00 bits per heavy atom. The van der Waals surface area contributed by atoms with Gasteiger partial charge in [0, 0.05) is 36.3 Å². The highest BCUT2D eigenvalue weighted by Crippen LogP contribution is 2.32. The molecule has 2 aromatic carbocycles. The monoisotopic (exact) mass is 375 g/mol. The van der Waals surface area contributed by atoms with Gasteiger partial charge < -0.3 is 5.32 Å². The standard InChI is InChI=1S/C22H22FN5/c1-13-9-15(10-16-12-28(2)27-21(13)16)17-3-4-19-18(20(17)23)11-25-22(26-19)14-5-7-24-8-6-14/h3-4,9-12,14,24H,5-8H2,1-2H3. The lowest BCUT2D eigenvalue weighted by atomic mass is 9.96. The van der Waals surface area contributed by atoms with Crippen LogP contribution in [-0.2, 0) is 7.05 Å². The molecule has 1 saturated heterocycles. The highest BCUT2D eigenvalue weighted by atomic mass is 19.1. The maximum atomic E-state index is 15.4. The first kappa shape index (κ1) is 17.3. The van der Waals surface area contributed by atoms with Gasteiger partial charge in [0.1, 0.15) is 11.6 Å². The first-order valence-electron chi connectivity index (χ1n) is 9.70. The summed E-state index contributed by atoms with van der Waals surface area (Å²) in [4.78, 5) is 9.18. The van der Waals surface area contributed by atoms with E-state index >= 15 is 4.39 Å². The van der Waals surface area contributed by atoms with Crippen LogP contribution in [0.15, 0.2) is 36.7 Å². The Labute approximate surface area is 162 Å². The SMILES string of the molecule is Cc1cc(-c2ccc3nc(C4CCNCC4)ncc3c2F)cc2cn(C)nc12. The number of halogens is 1. The van der Waals surface area contributed by atoms with Crippen molar-refractivity contribution in [2.45, 2.75) is 25.7 Å². The van der Waals surface area contributed by atoms with E-state index in [-0.39, 0.29) is 5.82 Å². The molecule has 0 unspecified atom stereocenters. The predicted molar refractivity (Wildman–Crippen MR) is 109 cm³/mol. The highest BCUT2D eigenvalue weighted by Gasteiger charge is 2.19. The van der Waals surface area contributed by atoms with Crippen LogP contribution in [0.3, 0.4) is 0 Å². The van der Waals surface area contributed by atoms with Crippen LogP contribution in [0, 0.1) is 12.7 Å². The average Bonchev–Trinajstić information content (AvgIpc) is 3.09. The van der Waals surface area contributed by atoms with Crippen LogP contribution in [-0.4, -0.2) is 32.8 Å². The van der Waals surface area contributed by atoms with Crippen LogP contribution in [0.25, 0.3) is 32.9 Å². The first-order chi connectivity index (χ1) is 13.6. The van der Waals surface area contributed by atoms with Crippen molar-refractivity contribution in [1.29, 1.82) is 0 Å². The number of piperidine rings is 1. The summed E-state index contributed by atoms with van der Waals surface area (Å²) in [6.07, 6.45) is 5.65.